The first kappa shape index (κ1) is 14.8. The molecular weight excluding hydrogens is 292 g/mol. The van der Waals surface area contributed by atoms with Gasteiger partial charge in [0.15, 0.2) is 5.69 Å². The van der Waals surface area contributed by atoms with E-state index < -0.39 is 0 Å². The van der Waals surface area contributed by atoms with E-state index in [1.807, 2.05) is 35.7 Å². The summed E-state index contributed by atoms with van der Waals surface area (Å²) in [5.74, 6) is 0.350. The zero-order valence-electron chi connectivity index (χ0n) is 12.8. The van der Waals surface area contributed by atoms with Crippen LogP contribution in [0.25, 0.3) is 5.52 Å². The van der Waals surface area contributed by atoms with Crippen molar-refractivity contribution >= 4 is 28.7 Å². The van der Waals surface area contributed by atoms with Gasteiger partial charge < -0.3 is 15.0 Å². The lowest BCUT2D eigenvalue weighted by Gasteiger charge is -2.06. The third-order valence-corrected chi connectivity index (χ3v) is 3.40. The predicted octanol–water partition coefficient (Wildman–Crippen LogP) is 2.85. The molecule has 0 bridgehead atoms. The highest BCUT2D eigenvalue weighted by Crippen LogP contribution is 2.17. The summed E-state index contributed by atoms with van der Waals surface area (Å²) in [6.45, 7) is 3.30. The molecule has 0 aliphatic heterocycles. The highest BCUT2D eigenvalue weighted by Gasteiger charge is 2.15. The Morgan fingerprint density at radius 1 is 1.00 bits per heavy atom. The minimum atomic E-state index is -0.269. The van der Waals surface area contributed by atoms with Crippen molar-refractivity contribution in [2.45, 2.75) is 13.8 Å². The molecule has 2 N–H and O–H groups in total. The van der Waals surface area contributed by atoms with E-state index in [0.717, 1.165) is 11.3 Å². The van der Waals surface area contributed by atoms with Crippen LogP contribution >= 0.6 is 0 Å². The number of benzene rings is 1. The van der Waals surface area contributed by atoms with E-state index in [1.54, 1.807) is 24.3 Å². The second-order valence-electron chi connectivity index (χ2n) is 5.18. The molecule has 0 aliphatic rings. The number of carbonyl (C=O) groups excluding carboxylic acids is 2. The molecular formula is C17H16N4O2. The summed E-state index contributed by atoms with van der Waals surface area (Å²) in [6, 6.07) is 12.5. The summed E-state index contributed by atoms with van der Waals surface area (Å²) in [6.07, 6.45) is 1.87. The van der Waals surface area contributed by atoms with E-state index in [2.05, 4.69) is 15.6 Å². The number of fused-ring (bicyclic) bond motifs is 1. The molecule has 2 amide bonds. The van der Waals surface area contributed by atoms with E-state index in [1.165, 1.54) is 6.92 Å². The number of amides is 2. The third-order valence-electron chi connectivity index (χ3n) is 3.40. The summed E-state index contributed by atoms with van der Waals surface area (Å²) in [5.41, 5.74) is 2.46. The maximum atomic E-state index is 12.4. The van der Waals surface area contributed by atoms with Crippen LogP contribution in [-0.2, 0) is 4.79 Å². The number of hydrogen-bond donors (Lipinski definition) is 2. The first-order valence-corrected chi connectivity index (χ1v) is 7.17. The van der Waals surface area contributed by atoms with Crippen molar-refractivity contribution in [2.75, 3.05) is 10.6 Å². The number of pyridine rings is 1. The van der Waals surface area contributed by atoms with Gasteiger partial charge in [-0.25, -0.2) is 4.98 Å². The molecule has 0 saturated carbocycles. The molecule has 3 rings (SSSR count). The van der Waals surface area contributed by atoms with Crippen molar-refractivity contribution in [3.63, 3.8) is 0 Å². The van der Waals surface area contributed by atoms with E-state index in [9.17, 15) is 9.59 Å². The average molecular weight is 308 g/mol. The summed E-state index contributed by atoms with van der Waals surface area (Å²) < 4.78 is 1.87. The molecule has 1 aromatic carbocycles. The van der Waals surface area contributed by atoms with Gasteiger partial charge in [-0.15, -0.1) is 0 Å². The summed E-state index contributed by atoms with van der Waals surface area (Å²) in [5, 5.41) is 5.49. The Morgan fingerprint density at radius 2 is 1.65 bits per heavy atom. The van der Waals surface area contributed by atoms with Crippen molar-refractivity contribution in [2.24, 2.45) is 0 Å². The lowest BCUT2D eigenvalue weighted by atomic mass is 10.2. The number of hydrogen-bond acceptors (Lipinski definition) is 3. The standard InChI is InChI=1S/C17H16N4O2/c1-11-18-16(15-5-3-4-10-21(11)15)17(23)20-14-8-6-13(7-9-14)19-12(2)22/h3-10H,1-2H3,(H,19,22)(H,20,23). The maximum absolute atomic E-state index is 12.4. The van der Waals surface area contributed by atoms with Crippen LogP contribution in [0, 0.1) is 6.92 Å². The Bertz CT molecular complexity index is 881. The smallest absolute Gasteiger partial charge is 0.276 e. The molecule has 0 fully saturated rings. The van der Waals surface area contributed by atoms with Crippen LogP contribution in [0.3, 0.4) is 0 Å². The van der Waals surface area contributed by atoms with Gasteiger partial charge in [0, 0.05) is 24.5 Å². The molecule has 23 heavy (non-hydrogen) atoms. The van der Waals surface area contributed by atoms with Gasteiger partial charge in [-0.3, -0.25) is 9.59 Å². The molecule has 0 saturated heterocycles. The number of carbonyl (C=O) groups is 2. The van der Waals surface area contributed by atoms with Crippen LogP contribution in [0.2, 0.25) is 0 Å². The molecule has 0 atom stereocenters. The first-order valence-electron chi connectivity index (χ1n) is 7.17. The van der Waals surface area contributed by atoms with Gasteiger partial charge >= 0.3 is 0 Å². The fourth-order valence-corrected chi connectivity index (χ4v) is 2.39. The van der Waals surface area contributed by atoms with Crippen LogP contribution < -0.4 is 10.6 Å². The highest BCUT2D eigenvalue weighted by molar-refractivity contribution is 6.07. The fourth-order valence-electron chi connectivity index (χ4n) is 2.39. The topological polar surface area (TPSA) is 75.5 Å². The van der Waals surface area contributed by atoms with Gasteiger partial charge in [-0.1, -0.05) is 6.07 Å². The Morgan fingerprint density at radius 3 is 2.30 bits per heavy atom. The summed E-state index contributed by atoms with van der Waals surface area (Å²) >= 11 is 0. The van der Waals surface area contributed by atoms with Gasteiger partial charge in [-0.05, 0) is 43.3 Å². The molecule has 0 aliphatic carbocycles. The molecule has 3 aromatic rings. The van der Waals surface area contributed by atoms with Crippen molar-refractivity contribution < 1.29 is 9.59 Å². The van der Waals surface area contributed by atoms with Crippen molar-refractivity contribution in [1.82, 2.24) is 9.38 Å². The maximum Gasteiger partial charge on any atom is 0.276 e. The Balaban J connectivity index is 1.82. The van der Waals surface area contributed by atoms with Crippen molar-refractivity contribution in [3.8, 4) is 0 Å². The zero-order chi connectivity index (χ0) is 16.4. The number of aromatic nitrogens is 2. The normalized spacial score (nSPS) is 10.5. The van der Waals surface area contributed by atoms with E-state index >= 15 is 0 Å². The van der Waals surface area contributed by atoms with E-state index in [-0.39, 0.29) is 11.8 Å². The zero-order valence-corrected chi connectivity index (χ0v) is 12.8. The molecule has 0 spiro atoms. The second kappa shape index (κ2) is 5.92. The monoisotopic (exact) mass is 308 g/mol. The van der Waals surface area contributed by atoms with Gasteiger partial charge in [0.05, 0.1) is 5.52 Å². The van der Waals surface area contributed by atoms with Crippen LogP contribution in [-0.4, -0.2) is 21.2 Å². The quantitative estimate of drug-likeness (QED) is 0.781. The Hall–Kier alpha value is -3.15. The van der Waals surface area contributed by atoms with Gasteiger partial charge in [-0.2, -0.15) is 0 Å². The minimum Gasteiger partial charge on any atom is -0.326 e. The number of imidazole rings is 1. The highest BCUT2D eigenvalue weighted by atomic mass is 16.2. The van der Waals surface area contributed by atoms with Gasteiger partial charge in [0.25, 0.3) is 5.91 Å². The lowest BCUT2D eigenvalue weighted by molar-refractivity contribution is -0.114. The molecule has 0 radical (unpaired) electrons. The van der Waals surface area contributed by atoms with Crippen LogP contribution in [0.1, 0.15) is 23.2 Å². The first-order chi connectivity index (χ1) is 11.0. The van der Waals surface area contributed by atoms with Crippen LogP contribution in [0.4, 0.5) is 11.4 Å². The Kier molecular flexibility index (Phi) is 3.80. The molecule has 6 nitrogen and oxygen atoms in total. The summed E-state index contributed by atoms with van der Waals surface area (Å²) in [4.78, 5) is 27.8. The molecule has 0 unspecified atom stereocenters. The van der Waals surface area contributed by atoms with Crippen molar-refractivity contribution in [3.05, 3.63) is 60.2 Å². The van der Waals surface area contributed by atoms with Gasteiger partial charge in [0.2, 0.25) is 5.91 Å². The number of nitrogens with one attached hydrogen (secondary N) is 2. The minimum absolute atomic E-state index is 0.137. The van der Waals surface area contributed by atoms with Crippen LogP contribution in [0.5, 0.6) is 0 Å². The Labute approximate surface area is 133 Å². The predicted molar refractivity (Wildman–Crippen MR) is 88.6 cm³/mol. The van der Waals surface area contributed by atoms with Crippen LogP contribution in [0.15, 0.2) is 48.7 Å². The average Bonchev–Trinajstić information content (AvgIpc) is 2.86. The van der Waals surface area contributed by atoms with Crippen molar-refractivity contribution in [1.29, 1.82) is 0 Å². The lowest BCUT2D eigenvalue weighted by Crippen LogP contribution is -2.13. The van der Waals surface area contributed by atoms with Gasteiger partial charge in [0.1, 0.15) is 5.82 Å². The fraction of sp³-hybridized carbons (Fsp3) is 0.118. The number of nitrogens with zero attached hydrogens (tertiary/aromatic N) is 2. The largest absolute Gasteiger partial charge is 0.326 e. The number of aryl methyl sites for hydroxylation is 1. The molecule has 2 aromatic heterocycles. The molecule has 116 valence electrons. The number of rotatable bonds is 3. The number of anilines is 2. The molecule has 6 heteroatoms. The third kappa shape index (κ3) is 3.06. The summed E-state index contributed by atoms with van der Waals surface area (Å²) in [7, 11) is 0. The second-order valence-corrected chi connectivity index (χ2v) is 5.18. The van der Waals surface area contributed by atoms with E-state index in [0.29, 0.717) is 17.1 Å². The van der Waals surface area contributed by atoms with E-state index in [4.69, 9.17) is 0 Å². The SMILES string of the molecule is CC(=O)Nc1ccc(NC(=O)c2nc(C)n3ccccc23)cc1. The molecule has 2 heterocycles.